The Morgan fingerprint density at radius 1 is 1.53 bits per heavy atom. The van der Waals surface area contributed by atoms with Gasteiger partial charge in [0.05, 0.1) is 6.10 Å². The van der Waals surface area contributed by atoms with Crippen LogP contribution in [0.2, 0.25) is 0 Å². The van der Waals surface area contributed by atoms with Crippen LogP contribution < -0.4 is 4.90 Å². The van der Waals surface area contributed by atoms with E-state index in [4.69, 9.17) is 0 Å². The lowest BCUT2D eigenvalue weighted by atomic mass is 10.1. The van der Waals surface area contributed by atoms with Crippen LogP contribution in [-0.2, 0) is 0 Å². The molecule has 0 radical (unpaired) electrons. The van der Waals surface area contributed by atoms with Crippen molar-refractivity contribution >= 4 is 5.69 Å². The predicted molar refractivity (Wildman–Crippen MR) is 67.7 cm³/mol. The van der Waals surface area contributed by atoms with Gasteiger partial charge >= 0.3 is 0 Å². The van der Waals surface area contributed by atoms with Crippen molar-refractivity contribution in [3.63, 3.8) is 0 Å². The van der Waals surface area contributed by atoms with E-state index in [-0.39, 0.29) is 5.82 Å². The minimum absolute atomic E-state index is 0.281. The summed E-state index contributed by atoms with van der Waals surface area (Å²) >= 11 is 0. The van der Waals surface area contributed by atoms with Crippen molar-refractivity contribution in [3.05, 3.63) is 29.6 Å². The van der Waals surface area contributed by atoms with Gasteiger partial charge in [0, 0.05) is 23.8 Å². The molecule has 17 heavy (non-hydrogen) atoms. The van der Waals surface area contributed by atoms with Gasteiger partial charge in [-0.05, 0) is 44.4 Å². The lowest BCUT2D eigenvalue weighted by Gasteiger charge is -2.29. The summed E-state index contributed by atoms with van der Waals surface area (Å²) in [7, 11) is 0. The van der Waals surface area contributed by atoms with E-state index in [1.165, 1.54) is 25.0 Å². The molecule has 2 rings (SSSR count). The van der Waals surface area contributed by atoms with Crippen molar-refractivity contribution < 1.29 is 9.50 Å². The fourth-order valence-corrected chi connectivity index (χ4v) is 2.70. The molecule has 0 saturated carbocycles. The highest BCUT2D eigenvalue weighted by atomic mass is 19.1. The third kappa shape index (κ3) is 2.44. The number of nitrogens with zero attached hydrogens (tertiary/aromatic N) is 1. The van der Waals surface area contributed by atoms with E-state index in [9.17, 15) is 9.50 Å². The first kappa shape index (κ1) is 12.4. The Morgan fingerprint density at radius 2 is 2.29 bits per heavy atom. The molecule has 1 N–H and O–H groups in total. The second kappa shape index (κ2) is 5.05. The van der Waals surface area contributed by atoms with Gasteiger partial charge in [-0.15, -0.1) is 0 Å². The van der Waals surface area contributed by atoms with Gasteiger partial charge < -0.3 is 10.0 Å². The molecule has 1 aliphatic heterocycles. The van der Waals surface area contributed by atoms with Crippen molar-refractivity contribution in [3.8, 4) is 0 Å². The number of hydrogen-bond acceptors (Lipinski definition) is 2. The maximum atomic E-state index is 13.2. The van der Waals surface area contributed by atoms with Gasteiger partial charge in [0.15, 0.2) is 0 Å². The molecule has 0 amide bonds. The lowest BCUT2D eigenvalue weighted by molar-refractivity contribution is 0.199. The molecule has 1 saturated heterocycles. The Hall–Kier alpha value is -1.09. The molecule has 2 atom stereocenters. The largest absolute Gasteiger partial charge is 0.389 e. The van der Waals surface area contributed by atoms with E-state index < -0.39 is 6.10 Å². The second-order valence-electron chi connectivity index (χ2n) is 4.78. The van der Waals surface area contributed by atoms with Crippen molar-refractivity contribution in [2.45, 2.75) is 45.3 Å². The number of anilines is 1. The Kier molecular flexibility index (Phi) is 3.67. The van der Waals surface area contributed by atoms with Gasteiger partial charge in [0.1, 0.15) is 5.82 Å². The van der Waals surface area contributed by atoms with Crippen molar-refractivity contribution in [2.75, 3.05) is 11.4 Å². The molecule has 0 spiro atoms. The summed E-state index contributed by atoms with van der Waals surface area (Å²) in [6, 6.07) is 5.25. The summed E-state index contributed by atoms with van der Waals surface area (Å²) in [5.74, 6) is -0.281. The monoisotopic (exact) mass is 237 g/mol. The SMILES string of the molecule is CCC1CCCN1c1ccc(F)cc1[C@H](C)O. The normalized spacial score (nSPS) is 21.9. The maximum Gasteiger partial charge on any atom is 0.123 e. The molecule has 0 aliphatic carbocycles. The topological polar surface area (TPSA) is 23.5 Å². The van der Waals surface area contributed by atoms with Crippen LogP contribution in [0, 0.1) is 5.82 Å². The van der Waals surface area contributed by atoms with Gasteiger partial charge in [-0.2, -0.15) is 0 Å². The van der Waals surface area contributed by atoms with Crippen molar-refractivity contribution in [1.82, 2.24) is 0 Å². The average molecular weight is 237 g/mol. The minimum atomic E-state index is -0.626. The molecular formula is C14H20FNO. The van der Waals surface area contributed by atoms with E-state index in [0.29, 0.717) is 11.6 Å². The van der Waals surface area contributed by atoms with Gasteiger partial charge in [0.2, 0.25) is 0 Å². The molecule has 1 aliphatic rings. The van der Waals surface area contributed by atoms with Crippen LogP contribution in [0.25, 0.3) is 0 Å². The highest BCUT2D eigenvalue weighted by Crippen LogP contribution is 2.33. The van der Waals surface area contributed by atoms with E-state index in [2.05, 4.69) is 11.8 Å². The van der Waals surface area contributed by atoms with E-state index in [1.54, 1.807) is 13.0 Å². The second-order valence-corrected chi connectivity index (χ2v) is 4.78. The number of aliphatic hydroxyl groups excluding tert-OH is 1. The van der Waals surface area contributed by atoms with Crippen LogP contribution in [0.1, 0.15) is 44.8 Å². The zero-order valence-corrected chi connectivity index (χ0v) is 10.5. The first-order valence-corrected chi connectivity index (χ1v) is 6.37. The summed E-state index contributed by atoms with van der Waals surface area (Å²) in [6.07, 6.45) is 2.83. The number of hydrogen-bond donors (Lipinski definition) is 1. The Balaban J connectivity index is 2.37. The first-order chi connectivity index (χ1) is 8.13. The van der Waals surface area contributed by atoms with Crippen LogP contribution in [0.4, 0.5) is 10.1 Å². The number of halogens is 1. The van der Waals surface area contributed by atoms with E-state index >= 15 is 0 Å². The van der Waals surface area contributed by atoms with Gasteiger partial charge in [-0.3, -0.25) is 0 Å². The van der Waals surface area contributed by atoms with E-state index in [0.717, 1.165) is 18.7 Å². The molecule has 0 bridgehead atoms. The van der Waals surface area contributed by atoms with Gasteiger partial charge in [-0.1, -0.05) is 6.92 Å². The van der Waals surface area contributed by atoms with E-state index in [1.807, 2.05) is 0 Å². The molecule has 94 valence electrons. The molecular weight excluding hydrogens is 217 g/mol. The van der Waals surface area contributed by atoms with Crippen LogP contribution in [0.3, 0.4) is 0 Å². The van der Waals surface area contributed by atoms with Crippen molar-refractivity contribution in [2.24, 2.45) is 0 Å². The lowest BCUT2D eigenvalue weighted by Crippen LogP contribution is -2.29. The predicted octanol–water partition coefficient (Wildman–Crippen LogP) is 3.26. The highest BCUT2D eigenvalue weighted by Gasteiger charge is 2.25. The summed E-state index contributed by atoms with van der Waals surface area (Å²) < 4.78 is 13.2. The fourth-order valence-electron chi connectivity index (χ4n) is 2.70. The summed E-state index contributed by atoms with van der Waals surface area (Å²) in [5.41, 5.74) is 1.69. The average Bonchev–Trinajstić information content (AvgIpc) is 2.76. The summed E-state index contributed by atoms with van der Waals surface area (Å²) in [4.78, 5) is 2.31. The first-order valence-electron chi connectivity index (χ1n) is 6.37. The Morgan fingerprint density at radius 3 is 2.94 bits per heavy atom. The molecule has 1 unspecified atom stereocenters. The standard InChI is InChI=1S/C14H20FNO/c1-3-12-5-4-8-16(12)14-7-6-11(15)9-13(14)10(2)17/h6-7,9-10,12,17H,3-5,8H2,1-2H3/t10-,12?/m0/s1. The zero-order valence-electron chi connectivity index (χ0n) is 10.5. The molecule has 1 fully saturated rings. The Bertz CT molecular complexity index is 392. The number of benzene rings is 1. The summed E-state index contributed by atoms with van der Waals surface area (Å²) in [5, 5.41) is 9.75. The molecule has 1 aromatic carbocycles. The zero-order chi connectivity index (χ0) is 12.4. The van der Waals surface area contributed by atoms with Gasteiger partial charge in [0.25, 0.3) is 0 Å². The minimum Gasteiger partial charge on any atom is -0.389 e. The van der Waals surface area contributed by atoms with Crippen molar-refractivity contribution in [1.29, 1.82) is 0 Å². The highest BCUT2D eigenvalue weighted by molar-refractivity contribution is 5.56. The molecule has 2 nitrogen and oxygen atoms in total. The Labute approximate surface area is 102 Å². The summed E-state index contributed by atoms with van der Waals surface area (Å²) in [6.45, 7) is 4.87. The quantitative estimate of drug-likeness (QED) is 0.872. The number of aliphatic hydroxyl groups is 1. The smallest absolute Gasteiger partial charge is 0.123 e. The van der Waals surface area contributed by atoms with Gasteiger partial charge in [-0.25, -0.2) is 4.39 Å². The third-order valence-corrected chi connectivity index (χ3v) is 3.60. The molecule has 0 aromatic heterocycles. The molecule has 1 aromatic rings. The van der Waals surface area contributed by atoms with Crippen LogP contribution in [-0.4, -0.2) is 17.7 Å². The van der Waals surface area contributed by atoms with Crippen LogP contribution >= 0.6 is 0 Å². The van der Waals surface area contributed by atoms with Crippen LogP contribution in [0.15, 0.2) is 18.2 Å². The third-order valence-electron chi connectivity index (χ3n) is 3.60. The van der Waals surface area contributed by atoms with Crippen LogP contribution in [0.5, 0.6) is 0 Å². The number of rotatable bonds is 3. The maximum absolute atomic E-state index is 13.2. The fraction of sp³-hybridized carbons (Fsp3) is 0.571. The molecule has 1 heterocycles. The molecule has 3 heteroatoms.